The van der Waals surface area contributed by atoms with Crippen LogP contribution in [0, 0.1) is 22.8 Å². The minimum Gasteiger partial charge on any atom is -0.485 e. The fourth-order valence-electron chi connectivity index (χ4n) is 3.33. The molecule has 1 aromatic carbocycles. The van der Waals surface area contributed by atoms with Gasteiger partial charge < -0.3 is 14.7 Å². The lowest BCUT2D eigenvalue weighted by atomic mass is 9.85. The monoisotopic (exact) mass is 310 g/mol. The van der Waals surface area contributed by atoms with Gasteiger partial charge in [0.15, 0.2) is 0 Å². The van der Waals surface area contributed by atoms with Crippen molar-refractivity contribution in [2.45, 2.75) is 44.4 Å². The van der Waals surface area contributed by atoms with Gasteiger partial charge >= 0.3 is 0 Å². The molecule has 6 nitrogen and oxygen atoms in total. The van der Waals surface area contributed by atoms with Gasteiger partial charge in [-0.3, -0.25) is 0 Å². The predicted octanol–water partition coefficient (Wildman–Crippen LogP) is 2.11. The molecule has 3 rings (SSSR count). The number of nitriles is 2. The molecule has 1 saturated heterocycles. The van der Waals surface area contributed by atoms with Crippen LogP contribution in [0.4, 0.5) is 0 Å². The standard InChI is InChI=1S/C17H18N4O2/c1-17(2)16(22)15(21-7-3-4-14(21)20-10-19)12-8-11(9-18)5-6-13(12)23-17/h5-6,8,15-16,22H,3-4,7H2,1-2H3/b20-14-/t15-,16+/m0/s1. The summed E-state index contributed by atoms with van der Waals surface area (Å²) in [4.78, 5) is 5.88. The van der Waals surface area contributed by atoms with Crippen LogP contribution >= 0.6 is 0 Å². The summed E-state index contributed by atoms with van der Waals surface area (Å²) in [6.07, 6.45) is 2.64. The van der Waals surface area contributed by atoms with E-state index in [0.29, 0.717) is 30.1 Å². The van der Waals surface area contributed by atoms with E-state index in [4.69, 9.17) is 15.3 Å². The molecule has 0 aromatic heterocycles. The Balaban J connectivity index is 2.13. The van der Waals surface area contributed by atoms with Gasteiger partial charge in [-0.1, -0.05) is 0 Å². The molecule has 1 fully saturated rings. The average molecular weight is 310 g/mol. The van der Waals surface area contributed by atoms with E-state index in [1.165, 1.54) is 0 Å². The largest absolute Gasteiger partial charge is 0.485 e. The van der Waals surface area contributed by atoms with Crippen molar-refractivity contribution in [2.24, 2.45) is 4.99 Å². The minimum absolute atomic E-state index is 0.378. The van der Waals surface area contributed by atoms with E-state index in [-0.39, 0.29) is 6.04 Å². The molecule has 1 N–H and O–H groups in total. The summed E-state index contributed by atoms with van der Waals surface area (Å²) in [5.41, 5.74) is 0.511. The van der Waals surface area contributed by atoms with Crippen molar-refractivity contribution in [3.63, 3.8) is 0 Å². The zero-order valence-corrected chi connectivity index (χ0v) is 13.2. The maximum Gasteiger partial charge on any atom is 0.207 e. The number of benzene rings is 1. The Labute approximate surface area is 135 Å². The summed E-state index contributed by atoms with van der Waals surface area (Å²) in [7, 11) is 0. The third kappa shape index (κ3) is 2.52. The molecule has 6 heteroatoms. The van der Waals surface area contributed by atoms with Gasteiger partial charge in [0.1, 0.15) is 23.3 Å². The van der Waals surface area contributed by atoms with Crippen molar-refractivity contribution in [3.8, 4) is 18.0 Å². The summed E-state index contributed by atoms with van der Waals surface area (Å²) in [6, 6.07) is 6.97. The fourth-order valence-corrected chi connectivity index (χ4v) is 3.33. The highest BCUT2D eigenvalue weighted by Crippen LogP contribution is 2.44. The quantitative estimate of drug-likeness (QED) is 0.802. The Bertz CT molecular complexity index is 742. The van der Waals surface area contributed by atoms with Gasteiger partial charge in [-0.25, -0.2) is 0 Å². The first-order chi connectivity index (χ1) is 11.0. The molecule has 2 heterocycles. The number of hydrogen-bond acceptors (Lipinski definition) is 5. The van der Waals surface area contributed by atoms with Crippen LogP contribution in [0.2, 0.25) is 0 Å². The molecule has 0 unspecified atom stereocenters. The number of fused-ring (bicyclic) bond motifs is 1. The Hall–Kier alpha value is -2.57. The molecule has 0 amide bonds. The van der Waals surface area contributed by atoms with Crippen molar-refractivity contribution >= 4 is 5.84 Å². The second-order valence-corrected chi connectivity index (χ2v) is 6.38. The van der Waals surface area contributed by atoms with Crippen molar-refractivity contribution in [2.75, 3.05) is 6.54 Å². The van der Waals surface area contributed by atoms with E-state index in [0.717, 1.165) is 12.0 Å². The number of ether oxygens (including phenoxy) is 1. The van der Waals surface area contributed by atoms with E-state index in [1.807, 2.05) is 24.9 Å². The first-order valence-corrected chi connectivity index (χ1v) is 7.61. The highest BCUT2D eigenvalue weighted by molar-refractivity contribution is 5.85. The molecular weight excluding hydrogens is 292 g/mol. The minimum atomic E-state index is -0.800. The first-order valence-electron chi connectivity index (χ1n) is 7.61. The van der Waals surface area contributed by atoms with Crippen LogP contribution in [0.1, 0.15) is 43.9 Å². The van der Waals surface area contributed by atoms with Crippen molar-refractivity contribution in [3.05, 3.63) is 29.3 Å². The Kier molecular flexibility index (Phi) is 3.71. The number of aliphatic hydroxyl groups is 1. The number of amidine groups is 1. The molecule has 118 valence electrons. The molecule has 23 heavy (non-hydrogen) atoms. The summed E-state index contributed by atoms with van der Waals surface area (Å²) >= 11 is 0. The van der Waals surface area contributed by atoms with E-state index >= 15 is 0 Å². The molecule has 0 saturated carbocycles. The molecule has 0 aliphatic carbocycles. The van der Waals surface area contributed by atoms with Crippen LogP contribution in [0.5, 0.6) is 5.75 Å². The highest BCUT2D eigenvalue weighted by Gasteiger charge is 2.47. The molecule has 2 aliphatic heterocycles. The van der Waals surface area contributed by atoms with E-state index < -0.39 is 11.7 Å². The number of aliphatic hydroxyl groups excluding tert-OH is 1. The Morgan fingerprint density at radius 2 is 2.17 bits per heavy atom. The maximum atomic E-state index is 10.9. The van der Waals surface area contributed by atoms with Gasteiger partial charge in [0, 0.05) is 18.5 Å². The van der Waals surface area contributed by atoms with Crippen molar-refractivity contribution < 1.29 is 9.84 Å². The van der Waals surface area contributed by atoms with Crippen LogP contribution in [-0.2, 0) is 0 Å². The molecule has 2 atom stereocenters. The summed E-state index contributed by atoms with van der Waals surface area (Å²) in [5, 5.41) is 28.9. The Morgan fingerprint density at radius 1 is 1.39 bits per heavy atom. The SMILES string of the molecule is CC1(C)Oc2ccc(C#N)cc2[C@H](N2CCC/C2=N/C#N)[C@H]1O. The van der Waals surface area contributed by atoms with Crippen LogP contribution in [-0.4, -0.2) is 34.1 Å². The fraction of sp³-hybridized carbons (Fsp3) is 0.471. The second kappa shape index (κ2) is 5.57. The van der Waals surface area contributed by atoms with Gasteiger partial charge in [-0.2, -0.15) is 15.5 Å². The molecular formula is C17H18N4O2. The predicted molar refractivity (Wildman–Crippen MR) is 83.6 cm³/mol. The second-order valence-electron chi connectivity index (χ2n) is 6.38. The molecule has 1 aromatic rings. The van der Waals surface area contributed by atoms with Gasteiger partial charge in [0.2, 0.25) is 6.19 Å². The lowest BCUT2D eigenvalue weighted by Gasteiger charge is -2.45. The van der Waals surface area contributed by atoms with Crippen LogP contribution < -0.4 is 4.74 Å². The van der Waals surface area contributed by atoms with Gasteiger partial charge in [-0.05, 0) is 38.5 Å². The zero-order chi connectivity index (χ0) is 16.6. The number of likely N-dealkylation sites (tertiary alicyclic amines) is 1. The zero-order valence-electron chi connectivity index (χ0n) is 13.2. The van der Waals surface area contributed by atoms with E-state index in [9.17, 15) is 5.11 Å². The van der Waals surface area contributed by atoms with Gasteiger partial charge in [0.25, 0.3) is 0 Å². The number of hydrogen-bond donors (Lipinski definition) is 1. The smallest absolute Gasteiger partial charge is 0.207 e. The summed E-state index contributed by atoms with van der Waals surface area (Å²) in [5.74, 6) is 1.34. The van der Waals surface area contributed by atoms with E-state index in [2.05, 4.69) is 11.1 Å². The van der Waals surface area contributed by atoms with Crippen molar-refractivity contribution in [1.29, 1.82) is 10.5 Å². The van der Waals surface area contributed by atoms with Crippen molar-refractivity contribution in [1.82, 2.24) is 4.90 Å². The number of rotatable bonds is 1. The lowest BCUT2D eigenvalue weighted by molar-refractivity contribution is -0.0802. The first kappa shape index (κ1) is 15.3. The number of nitrogens with zero attached hydrogens (tertiary/aromatic N) is 4. The normalized spacial score (nSPS) is 27.0. The molecule has 2 aliphatic rings. The lowest BCUT2D eigenvalue weighted by Crippen LogP contribution is -2.53. The summed E-state index contributed by atoms with van der Waals surface area (Å²) < 4.78 is 5.93. The average Bonchev–Trinajstić information content (AvgIpc) is 2.96. The molecule has 0 bridgehead atoms. The van der Waals surface area contributed by atoms with Gasteiger partial charge in [0.05, 0.1) is 17.7 Å². The summed E-state index contributed by atoms with van der Waals surface area (Å²) in [6.45, 7) is 4.39. The molecule has 0 radical (unpaired) electrons. The topological polar surface area (TPSA) is 92.6 Å². The van der Waals surface area contributed by atoms with Crippen LogP contribution in [0.25, 0.3) is 0 Å². The highest BCUT2D eigenvalue weighted by atomic mass is 16.5. The van der Waals surface area contributed by atoms with Crippen LogP contribution in [0.15, 0.2) is 23.2 Å². The Morgan fingerprint density at radius 3 is 2.87 bits per heavy atom. The van der Waals surface area contributed by atoms with Crippen LogP contribution in [0.3, 0.4) is 0 Å². The third-order valence-corrected chi connectivity index (χ3v) is 4.49. The maximum absolute atomic E-state index is 10.9. The van der Waals surface area contributed by atoms with E-state index in [1.54, 1.807) is 18.2 Å². The van der Waals surface area contributed by atoms with Gasteiger partial charge in [-0.15, -0.1) is 0 Å². The third-order valence-electron chi connectivity index (χ3n) is 4.49. The number of aliphatic imine (C=N–C) groups is 1. The molecule has 0 spiro atoms.